The summed E-state index contributed by atoms with van der Waals surface area (Å²) < 4.78 is 45.8. The van der Waals surface area contributed by atoms with Crippen molar-refractivity contribution in [1.82, 2.24) is 24.6 Å². The molecule has 1 aliphatic rings. The van der Waals surface area contributed by atoms with Crippen LogP contribution in [-0.4, -0.2) is 70.1 Å². The van der Waals surface area contributed by atoms with Gasteiger partial charge in [-0.3, -0.25) is 9.89 Å². The summed E-state index contributed by atoms with van der Waals surface area (Å²) in [5.74, 6) is 0. The maximum atomic E-state index is 13.1. The molecule has 0 saturated carbocycles. The number of carbonyl (C=O) groups excluding carboxylic acids is 1. The van der Waals surface area contributed by atoms with Gasteiger partial charge in [0.1, 0.15) is 5.69 Å². The second-order valence-corrected chi connectivity index (χ2v) is 8.17. The normalized spacial score (nSPS) is 18.8. The van der Waals surface area contributed by atoms with Crippen molar-refractivity contribution in [1.29, 1.82) is 0 Å². The molecule has 3 aromatic heterocycles. The number of nitrogens with one attached hydrogen (secondary N) is 2. The van der Waals surface area contributed by atoms with Crippen molar-refractivity contribution in [3.8, 4) is 0 Å². The van der Waals surface area contributed by atoms with E-state index in [1.165, 1.54) is 26.1 Å². The van der Waals surface area contributed by atoms with Gasteiger partial charge in [0.2, 0.25) is 0 Å². The minimum atomic E-state index is -4.65. The molecule has 1 fully saturated rings. The second kappa shape index (κ2) is 8.97. The molecular weight excluding hydrogens is 455 g/mol. The predicted octanol–water partition coefficient (Wildman–Crippen LogP) is 2.43. The van der Waals surface area contributed by atoms with Crippen molar-refractivity contribution < 1.29 is 22.7 Å². The van der Waals surface area contributed by atoms with E-state index in [4.69, 9.17) is 4.74 Å². The minimum absolute atomic E-state index is 0.360. The van der Waals surface area contributed by atoms with Crippen LogP contribution >= 0.6 is 0 Å². The Balaban J connectivity index is 1.48. The molecule has 10 nitrogen and oxygen atoms in total. The molecule has 4 rings (SSSR count). The Labute approximate surface area is 192 Å². The van der Waals surface area contributed by atoms with Crippen LogP contribution in [0.5, 0.6) is 0 Å². The lowest BCUT2D eigenvalue weighted by molar-refractivity contribution is -0.138. The van der Waals surface area contributed by atoms with Crippen molar-refractivity contribution in [3.63, 3.8) is 0 Å². The summed E-state index contributed by atoms with van der Waals surface area (Å²) in [6, 6.07) is 1.54. The molecule has 4 heterocycles. The van der Waals surface area contributed by atoms with Gasteiger partial charge in [-0.25, -0.2) is 9.78 Å². The van der Waals surface area contributed by atoms with Gasteiger partial charge in [0, 0.05) is 45.9 Å². The average Bonchev–Trinajstić information content (AvgIpc) is 3.28. The van der Waals surface area contributed by atoms with Crippen LogP contribution in [0.4, 0.5) is 29.3 Å². The Kier molecular flexibility index (Phi) is 6.21. The largest absolute Gasteiger partial charge is 0.417 e. The molecule has 2 atom stereocenters. The lowest BCUT2D eigenvalue weighted by atomic mass is 10.00. The molecule has 0 spiro atoms. The summed E-state index contributed by atoms with van der Waals surface area (Å²) in [6.45, 7) is 1.06. The fourth-order valence-electron chi connectivity index (χ4n) is 4.12. The number of rotatable bonds is 4. The summed E-state index contributed by atoms with van der Waals surface area (Å²) in [4.78, 5) is 33.0. The van der Waals surface area contributed by atoms with Crippen LogP contribution in [0, 0.1) is 0 Å². The number of likely N-dealkylation sites (N-methyl/N-ethyl adjacent to an activating group) is 1. The van der Waals surface area contributed by atoms with Gasteiger partial charge < -0.3 is 24.4 Å². The van der Waals surface area contributed by atoms with Gasteiger partial charge in [-0.15, -0.1) is 0 Å². The molecule has 1 aliphatic heterocycles. The number of hydrogen-bond acceptors (Lipinski definition) is 6. The van der Waals surface area contributed by atoms with E-state index in [2.05, 4.69) is 25.4 Å². The number of halogens is 3. The Hall–Kier alpha value is -3.61. The molecule has 1 saturated heterocycles. The van der Waals surface area contributed by atoms with Crippen molar-refractivity contribution in [2.75, 3.05) is 37.5 Å². The van der Waals surface area contributed by atoms with E-state index in [9.17, 15) is 22.8 Å². The number of ether oxygens (including phenoxy) is 1. The number of fused-ring (bicyclic) bond motifs is 1. The highest BCUT2D eigenvalue weighted by Gasteiger charge is 2.36. The van der Waals surface area contributed by atoms with Crippen LogP contribution in [0.3, 0.4) is 0 Å². The zero-order chi connectivity index (χ0) is 24.6. The number of aromatic nitrogens is 4. The maximum Gasteiger partial charge on any atom is 0.417 e. The number of H-pyrrole nitrogens is 1. The molecule has 0 aromatic carbocycles. The third-order valence-electron chi connectivity index (χ3n) is 6.04. The Morgan fingerprint density at radius 1 is 1.32 bits per heavy atom. The summed E-state index contributed by atoms with van der Waals surface area (Å²) >= 11 is 0. The van der Waals surface area contributed by atoms with Crippen LogP contribution in [0.15, 0.2) is 35.5 Å². The van der Waals surface area contributed by atoms with Gasteiger partial charge in [-0.05, 0) is 18.6 Å². The number of urea groups is 1. The van der Waals surface area contributed by atoms with Crippen molar-refractivity contribution >= 4 is 28.4 Å². The van der Waals surface area contributed by atoms with Gasteiger partial charge in [-0.2, -0.15) is 18.3 Å². The summed E-state index contributed by atoms with van der Waals surface area (Å²) in [7, 11) is 4.26. The fraction of sp³-hybridized carbons (Fsp3) is 0.429. The number of carbonyl (C=O) groups is 1. The number of aryl methyl sites for hydroxylation is 1. The van der Waals surface area contributed by atoms with Gasteiger partial charge in [0.15, 0.2) is 5.65 Å². The highest BCUT2D eigenvalue weighted by atomic mass is 19.4. The first-order chi connectivity index (χ1) is 16.1. The van der Waals surface area contributed by atoms with Crippen molar-refractivity contribution in [2.45, 2.75) is 24.7 Å². The number of hydrogen-bond donors (Lipinski definition) is 2. The number of methoxy groups -OCH3 is 1. The predicted molar refractivity (Wildman–Crippen MR) is 119 cm³/mol. The van der Waals surface area contributed by atoms with E-state index in [0.717, 1.165) is 15.6 Å². The molecule has 34 heavy (non-hydrogen) atoms. The van der Waals surface area contributed by atoms with Crippen LogP contribution in [0.2, 0.25) is 0 Å². The number of aromatic amines is 1. The zero-order valence-corrected chi connectivity index (χ0v) is 18.8. The fourth-order valence-corrected chi connectivity index (χ4v) is 4.12. The second-order valence-electron chi connectivity index (χ2n) is 8.17. The summed E-state index contributed by atoms with van der Waals surface area (Å²) in [5.41, 5.74) is -0.651. The molecule has 3 aromatic rings. The number of amides is 2. The lowest BCUT2D eigenvalue weighted by Crippen LogP contribution is -2.56. The quantitative estimate of drug-likeness (QED) is 0.595. The first-order valence-corrected chi connectivity index (χ1v) is 10.5. The molecule has 0 aliphatic carbocycles. The minimum Gasteiger partial charge on any atom is -0.377 e. The molecule has 0 bridgehead atoms. The maximum absolute atomic E-state index is 13.1. The van der Waals surface area contributed by atoms with Gasteiger partial charge in [-0.1, -0.05) is 0 Å². The number of nitrogens with zero attached hydrogens (tertiary/aromatic N) is 5. The monoisotopic (exact) mass is 479 g/mol. The number of pyridine rings is 2. The molecule has 2 N–H and O–H groups in total. The molecule has 0 unspecified atom stereocenters. The zero-order valence-electron chi connectivity index (χ0n) is 18.8. The number of piperidine rings is 1. The van der Waals surface area contributed by atoms with E-state index in [1.54, 1.807) is 12.4 Å². The van der Waals surface area contributed by atoms with E-state index >= 15 is 0 Å². The van der Waals surface area contributed by atoms with Crippen molar-refractivity contribution in [3.05, 3.63) is 46.6 Å². The van der Waals surface area contributed by atoms with Gasteiger partial charge >= 0.3 is 12.2 Å². The Morgan fingerprint density at radius 2 is 2.09 bits per heavy atom. The SMILES string of the molecule is CO[C@@H]1CN(c2cnc3[nH]ncc3c2)CC[C@@H]1N(C)C(=O)Nc1cc(C(F)(F)F)cn(C)c1=O. The smallest absolute Gasteiger partial charge is 0.377 e. The highest BCUT2D eigenvalue weighted by molar-refractivity contribution is 5.89. The van der Waals surface area contributed by atoms with Crippen LogP contribution in [0.1, 0.15) is 12.0 Å². The van der Waals surface area contributed by atoms with Gasteiger partial charge in [0.25, 0.3) is 5.56 Å². The summed E-state index contributed by atoms with van der Waals surface area (Å²) in [6.07, 6.45) is -0.399. The van der Waals surface area contributed by atoms with Gasteiger partial charge in [0.05, 0.1) is 35.8 Å². The average molecular weight is 479 g/mol. The standard InChI is InChI=1S/C21H24F3N7O3/c1-29-10-13(21(22,23)24)7-15(19(29)32)27-20(33)30(2)16-4-5-31(11-17(16)34-3)14-6-12-8-26-28-18(12)25-9-14/h6-10,16-17H,4-5,11H2,1-3H3,(H,27,33)(H,25,26,28)/t16-,17+/m0/s1. The van der Waals surface area contributed by atoms with Crippen LogP contribution in [0.25, 0.3) is 11.0 Å². The highest BCUT2D eigenvalue weighted by Crippen LogP contribution is 2.30. The lowest BCUT2D eigenvalue weighted by Gasteiger charge is -2.42. The van der Waals surface area contributed by atoms with Crippen molar-refractivity contribution in [2.24, 2.45) is 7.05 Å². The van der Waals surface area contributed by atoms with E-state index in [1.807, 2.05) is 6.07 Å². The molecule has 182 valence electrons. The Morgan fingerprint density at radius 3 is 2.79 bits per heavy atom. The molecule has 0 radical (unpaired) electrons. The molecular formula is C21H24F3N7O3. The van der Waals surface area contributed by atoms with Crippen LogP contribution < -0.4 is 15.8 Å². The number of anilines is 2. The van der Waals surface area contributed by atoms with E-state index in [0.29, 0.717) is 37.4 Å². The topological polar surface area (TPSA) is 108 Å². The Bertz CT molecular complexity index is 1260. The first kappa shape index (κ1) is 23.5. The first-order valence-electron chi connectivity index (χ1n) is 10.5. The molecule has 2 amide bonds. The molecule has 13 heteroatoms. The van der Waals surface area contributed by atoms with E-state index in [-0.39, 0.29) is 12.1 Å². The van der Waals surface area contributed by atoms with Crippen LogP contribution in [-0.2, 0) is 18.0 Å². The third-order valence-corrected chi connectivity index (χ3v) is 6.04. The number of alkyl halides is 3. The summed E-state index contributed by atoms with van der Waals surface area (Å²) in [5, 5.41) is 9.97. The third kappa shape index (κ3) is 4.55. The van der Waals surface area contributed by atoms with E-state index < -0.39 is 29.0 Å².